The molecule has 1 saturated heterocycles. The van der Waals surface area contributed by atoms with Crippen LogP contribution >= 0.6 is 23.2 Å². The first kappa shape index (κ1) is 36.4. The van der Waals surface area contributed by atoms with Gasteiger partial charge in [0.2, 0.25) is 11.8 Å². The van der Waals surface area contributed by atoms with Crippen LogP contribution in [0.1, 0.15) is 54.0 Å². The number of hydrogen-bond donors (Lipinski definition) is 3. The average Bonchev–Trinajstić information content (AvgIpc) is 3.74. The number of carboxylic acids is 1. The van der Waals surface area contributed by atoms with Crippen molar-refractivity contribution < 1.29 is 28.9 Å². The summed E-state index contributed by atoms with van der Waals surface area (Å²) in [7, 11) is 5.07. The number of carbonyl (C=O) groups is 2. The zero-order valence-corrected chi connectivity index (χ0v) is 30.4. The number of carbonyl (C=O) groups excluding carboxylic acids is 1. The van der Waals surface area contributed by atoms with E-state index in [-0.39, 0.29) is 24.5 Å². The summed E-state index contributed by atoms with van der Waals surface area (Å²) in [5.74, 6) is 0.930. The van der Waals surface area contributed by atoms with Gasteiger partial charge in [-0.15, -0.1) is 0 Å². The Hall–Kier alpha value is -4.35. The SMILES string of the molecule is COc1cc(O[C@H]2CCc3c(-c4cccc(-c5ccc(CNC[C@@H]6CCC(=O)N6)c(OC)n5)c4Cl)cccc32)c(Cl)cc1CN(C)CCC(=O)O. The van der Waals surface area contributed by atoms with Crippen molar-refractivity contribution >= 4 is 35.1 Å². The summed E-state index contributed by atoms with van der Waals surface area (Å²) in [4.78, 5) is 29.3. The van der Waals surface area contributed by atoms with Crippen molar-refractivity contribution in [3.63, 3.8) is 0 Å². The highest BCUT2D eigenvalue weighted by Crippen LogP contribution is 2.45. The highest BCUT2D eigenvalue weighted by atomic mass is 35.5. The molecule has 1 amide bonds. The summed E-state index contributed by atoms with van der Waals surface area (Å²) in [5.41, 5.74) is 7.48. The number of rotatable bonds is 15. The summed E-state index contributed by atoms with van der Waals surface area (Å²) < 4.78 is 17.9. The molecule has 2 atom stereocenters. The van der Waals surface area contributed by atoms with Crippen LogP contribution in [-0.4, -0.2) is 67.3 Å². The summed E-state index contributed by atoms with van der Waals surface area (Å²) in [6.07, 6.45) is 2.81. The molecule has 0 radical (unpaired) electrons. The zero-order chi connectivity index (χ0) is 36.1. The van der Waals surface area contributed by atoms with Crippen LogP contribution in [0, 0.1) is 0 Å². The Labute approximate surface area is 308 Å². The molecule has 3 aromatic carbocycles. The molecule has 3 N–H and O–H groups in total. The van der Waals surface area contributed by atoms with E-state index < -0.39 is 5.97 Å². The van der Waals surface area contributed by atoms with Gasteiger partial charge in [0.05, 0.1) is 36.4 Å². The molecule has 268 valence electrons. The van der Waals surface area contributed by atoms with Crippen LogP contribution in [-0.2, 0) is 29.1 Å². The first-order chi connectivity index (χ1) is 24.6. The minimum atomic E-state index is -0.841. The minimum Gasteiger partial charge on any atom is -0.496 e. The quantitative estimate of drug-likeness (QED) is 0.118. The van der Waals surface area contributed by atoms with Gasteiger partial charge in [0, 0.05) is 67.0 Å². The van der Waals surface area contributed by atoms with Crippen molar-refractivity contribution in [1.82, 2.24) is 20.5 Å². The van der Waals surface area contributed by atoms with E-state index in [0.29, 0.717) is 65.7 Å². The highest BCUT2D eigenvalue weighted by Gasteiger charge is 2.29. The zero-order valence-electron chi connectivity index (χ0n) is 28.9. The number of methoxy groups -OCH3 is 2. The fourth-order valence-corrected chi connectivity index (χ4v) is 7.42. The predicted octanol–water partition coefficient (Wildman–Crippen LogP) is 7.08. The van der Waals surface area contributed by atoms with Gasteiger partial charge in [0.25, 0.3) is 0 Å². The van der Waals surface area contributed by atoms with Crippen LogP contribution in [0.15, 0.2) is 60.7 Å². The molecule has 0 bridgehead atoms. The lowest BCUT2D eigenvalue weighted by molar-refractivity contribution is -0.137. The summed E-state index contributed by atoms with van der Waals surface area (Å²) in [5, 5.41) is 16.5. The molecular weight excluding hydrogens is 691 g/mol. The molecule has 0 saturated carbocycles. The van der Waals surface area contributed by atoms with E-state index in [4.69, 9.17) is 47.5 Å². The number of fused-ring (bicyclic) bond motifs is 1. The topological polar surface area (TPSA) is 122 Å². The third kappa shape index (κ3) is 8.42. The molecule has 10 nitrogen and oxygen atoms in total. The van der Waals surface area contributed by atoms with Gasteiger partial charge in [-0.3, -0.25) is 9.59 Å². The molecule has 4 aromatic rings. The van der Waals surface area contributed by atoms with E-state index in [1.165, 1.54) is 5.56 Å². The van der Waals surface area contributed by atoms with Crippen LogP contribution in [0.4, 0.5) is 0 Å². The van der Waals surface area contributed by atoms with Crippen molar-refractivity contribution in [2.75, 3.05) is 34.4 Å². The Morgan fingerprint density at radius 2 is 1.76 bits per heavy atom. The van der Waals surface area contributed by atoms with Gasteiger partial charge in [-0.1, -0.05) is 65.7 Å². The number of nitrogens with one attached hydrogen (secondary N) is 2. The van der Waals surface area contributed by atoms with Gasteiger partial charge in [-0.2, -0.15) is 0 Å². The van der Waals surface area contributed by atoms with E-state index in [2.05, 4.69) is 22.8 Å². The number of nitrogens with zero attached hydrogens (tertiary/aromatic N) is 2. The monoisotopic (exact) mass is 732 g/mol. The highest BCUT2D eigenvalue weighted by molar-refractivity contribution is 6.36. The lowest BCUT2D eigenvalue weighted by Crippen LogP contribution is -2.35. The third-order valence-corrected chi connectivity index (χ3v) is 10.2. The molecule has 0 unspecified atom stereocenters. The van der Waals surface area contributed by atoms with E-state index in [0.717, 1.165) is 52.6 Å². The number of aromatic nitrogens is 1. The van der Waals surface area contributed by atoms with Crippen LogP contribution in [0.3, 0.4) is 0 Å². The summed E-state index contributed by atoms with van der Waals surface area (Å²) in [6, 6.07) is 19.9. The Bertz CT molecular complexity index is 1920. The van der Waals surface area contributed by atoms with Crippen molar-refractivity contribution in [1.29, 1.82) is 0 Å². The van der Waals surface area contributed by atoms with E-state index in [1.807, 2.05) is 60.5 Å². The van der Waals surface area contributed by atoms with Gasteiger partial charge in [-0.05, 0) is 55.1 Å². The number of ether oxygens (including phenoxy) is 3. The van der Waals surface area contributed by atoms with Crippen molar-refractivity contribution in [2.45, 2.75) is 57.3 Å². The Morgan fingerprint density at radius 3 is 2.51 bits per heavy atom. The first-order valence-electron chi connectivity index (χ1n) is 17.0. The van der Waals surface area contributed by atoms with Gasteiger partial charge < -0.3 is 34.9 Å². The van der Waals surface area contributed by atoms with Gasteiger partial charge >= 0.3 is 5.97 Å². The lowest BCUT2D eigenvalue weighted by Gasteiger charge is -2.21. The molecule has 6 rings (SSSR count). The molecule has 1 aliphatic heterocycles. The van der Waals surface area contributed by atoms with Crippen molar-refractivity contribution in [3.8, 4) is 39.8 Å². The second-order valence-electron chi connectivity index (χ2n) is 13.0. The van der Waals surface area contributed by atoms with Crippen molar-refractivity contribution in [2.24, 2.45) is 0 Å². The molecule has 1 aromatic heterocycles. The number of aliphatic carboxylic acids is 1. The third-order valence-electron chi connectivity index (χ3n) is 9.46. The van der Waals surface area contributed by atoms with Crippen LogP contribution in [0.25, 0.3) is 22.4 Å². The lowest BCUT2D eigenvalue weighted by atomic mass is 9.94. The first-order valence-corrected chi connectivity index (χ1v) is 17.8. The van der Waals surface area contributed by atoms with E-state index in [1.54, 1.807) is 14.2 Å². The number of halogens is 2. The molecule has 2 heterocycles. The molecule has 0 spiro atoms. The largest absolute Gasteiger partial charge is 0.496 e. The maximum absolute atomic E-state index is 11.5. The fraction of sp³-hybridized carbons (Fsp3) is 0.359. The molecule has 51 heavy (non-hydrogen) atoms. The maximum Gasteiger partial charge on any atom is 0.304 e. The Kier molecular flexibility index (Phi) is 11.7. The number of hydrogen-bond acceptors (Lipinski definition) is 8. The normalized spacial score (nSPS) is 16.6. The molecular formula is C39H42Cl2N4O6. The smallest absolute Gasteiger partial charge is 0.304 e. The average molecular weight is 734 g/mol. The van der Waals surface area contributed by atoms with Gasteiger partial charge in [-0.25, -0.2) is 4.98 Å². The number of pyridine rings is 1. The molecule has 1 aliphatic carbocycles. The van der Waals surface area contributed by atoms with Gasteiger partial charge in [0.1, 0.15) is 17.6 Å². The second kappa shape index (κ2) is 16.3. The minimum absolute atomic E-state index is 0.0494. The Balaban J connectivity index is 1.20. The van der Waals surface area contributed by atoms with Crippen LogP contribution in [0.5, 0.6) is 17.4 Å². The van der Waals surface area contributed by atoms with E-state index >= 15 is 0 Å². The Morgan fingerprint density at radius 1 is 0.980 bits per heavy atom. The van der Waals surface area contributed by atoms with Crippen LogP contribution in [0.2, 0.25) is 10.0 Å². The summed E-state index contributed by atoms with van der Waals surface area (Å²) in [6.45, 7) is 2.13. The number of carboxylic acid groups (broad SMARTS) is 1. The van der Waals surface area contributed by atoms with Gasteiger partial charge in [0.15, 0.2) is 0 Å². The fourth-order valence-electron chi connectivity index (χ4n) is 6.86. The maximum atomic E-state index is 11.5. The second-order valence-corrected chi connectivity index (χ2v) is 13.7. The molecule has 12 heteroatoms. The molecule has 1 fully saturated rings. The van der Waals surface area contributed by atoms with Crippen molar-refractivity contribution in [3.05, 3.63) is 93.0 Å². The predicted molar refractivity (Wildman–Crippen MR) is 198 cm³/mol. The number of benzene rings is 3. The van der Waals surface area contributed by atoms with Crippen LogP contribution < -0.4 is 24.8 Å². The summed E-state index contributed by atoms with van der Waals surface area (Å²) >= 11 is 13.9. The standard InChI is InChI=1S/C39H42Cl2N4O6/c1-45(17-16-37(47)48)22-24-18-31(40)35(19-34(24)49-2)51-33-14-12-27-26(6-4-7-28(27)33)29-8-5-9-30(38(29)41)32-13-10-23(39(44-32)50-3)20-42-21-25-11-15-36(46)43-25/h4-10,13,18-19,25,33,42H,11-12,14-17,20-22H2,1-3H3,(H,43,46)(H,47,48)/t25-,33-/m0/s1. The van der Waals surface area contributed by atoms with E-state index in [9.17, 15) is 9.59 Å². The number of amides is 1. The molecule has 2 aliphatic rings.